The molecule has 0 amide bonds. The minimum absolute atomic E-state index is 0.0300. The molecule has 0 spiro atoms. The largest absolute Gasteiger partial charge is 0.375 e. The molecule has 8 heteroatoms. The van der Waals surface area contributed by atoms with Crippen LogP contribution in [0.3, 0.4) is 0 Å². The van der Waals surface area contributed by atoms with Crippen LogP contribution in [0.4, 0.5) is 5.82 Å². The van der Waals surface area contributed by atoms with Crippen LogP contribution in [0.15, 0.2) is 28.2 Å². The molecule has 0 saturated heterocycles. The van der Waals surface area contributed by atoms with Crippen molar-refractivity contribution in [2.75, 3.05) is 5.32 Å². The summed E-state index contributed by atoms with van der Waals surface area (Å²) in [6.45, 7) is 5.99. The molecule has 0 radical (unpaired) electrons. The van der Waals surface area contributed by atoms with E-state index in [9.17, 15) is 4.79 Å². The van der Waals surface area contributed by atoms with Crippen LogP contribution in [0.5, 0.6) is 0 Å². The number of anilines is 1. The Kier molecular flexibility index (Phi) is 5.28. The molecule has 23 heavy (non-hydrogen) atoms. The molecule has 0 unspecified atom stereocenters. The number of fused-ring (bicyclic) bond motifs is 1. The Labute approximate surface area is 139 Å². The van der Waals surface area contributed by atoms with Gasteiger partial charge in [0.25, 0.3) is 5.56 Å². The number of thiocarbonyl (C=S) groups is 1. The zero-order valence-electron chi connectivity index (χ0n) is 13.3. The minimum Gasteiger partial charge on any atom is -0.375 e. The molecule has 0 fully saturated rings. The van der Waals surface area contributed by atoms with Gasteiger partial charge in [0.2, 0.25) is 0 Å². The van der Waals surface area contributed by atoms with Crippen molar-refractivity contribution in [2.24, 2.45) is 10.8 Å². The number of hydrogen-bond acceptors (Lipinski definition) is 5. The standard InChI is InChI=1S/C15H20N6OS/c1-4-10(3)18-12-11(8-17-20-15(16)23)14(22)21-7-5-6-9(2)13(21)19-12/h5-8,10,18H,4H2,1-3H3,(H3,16,20,23)/b17-8-/t10-/m1/s1. The molecule has 0 saturated carbocycles. The lowest BCUT2D eigenvalue weighted by Gasteiger charge is -2.15. The van der Waals surface area contributed by atoms with Crippen molar-refractivity contribution in [1.29, 1.82) is 0 Å². The number of aromatic nitrogens is 2. The lowest BCUT2D eigenvalue weighted by molar-refractivity contribution is 0.758. The first-order valence-corrected chi connectivity index (χ1v) is 7.72. The Morgan fingerprint density at radius 3 is 3.00 bits per heavy atom. The number of nitrogens with two attached hydrogens (primary N) is 1. The summed E-state index contributed by atoms with van der Waals surface area (Å²) < 4.78 is 1.50. The lowest BCUT2D eigenvalue weighted by atomic mass is 10.2. The molecule has 0 aliphatic heterocycles. The summed E-state index contributed by atoms with van der Waals surface area (Å²) in [6, 6.07) is 3.89. The summed E-state index contributed by atoms with van der Waals surface area (Å²) in [6.07, 6.45) is 3.97. The highest BCUT2D eigenvalue weighted by Gasteiger charge is 2.13. The van der Waals surface area contributed by atoms with Crippen molar-refractivity contribution in [3.8, 4) is 0 Å². The van der Waals surface area contributed by atoms with Crippen molar-refractivity contribution in [3.63, 3.8) is 0 Å². The first-order chi connectivity index (χ1) is 10.9. The van der Waals surface area contributed by atoms with Crippen LogP contribution in [0.2, 0.25) is 0 Å². The molecule has 0 aromatic carbocycles. The first-order valence-electron chi connectivity index (χ1n) is 7.31. The maximum atomic E-state index is 12.7. The zero-order valence-corrected chi connectivity index (χ0v) is 14.1. The number of aryl methyl sites for hydroxylation is 1. The molecule has 0 bridgehead atoms. The molecule has 2 aromatic heterocycles. The predicted octanol–water partition coefficient (Wildman–Crippen LogP) is 1.38. The Hall–Kier alpha value is -2.48. The van der Waals surface area contributed by atoms with E-state index in [1.165, 1.54) is 10.6 Å². The summed E-state index contributed by atoms with van der Waals surface area (Å²) in [4.78, 5) is 17.3. The molecule has 2 rings (SSSR count). The van der Waals surface area contributed by atoms with Gasteiger partial charge in [-0.3, -0.25) is 14.6 Å². The Bertz CT molecular complexity index is 813. The number of hydrogen-bond donors (Lipinski definition) is 3. The van der Waals surface area contributed by atoms with Crippen LogP contribution in [0, 0.1) is 6.92 Å². The fourth-order valence-electron chi connectivity index (χ4n) is 2.03. The average Bonchev–Trinajstić information content (AvgIpc) is 2.51. The normalized spacial score (nSPS) is 12.5. The minimum atomic E-state index is -0.210. The molecule has 7 nitrogen and oxygen atoms in total. The second-order valence-electron chi connectivity index (χ2n) is 5.25. The third-order valence-corrected chi connectivity index (χ3v) is 3.54. The predicted molar refractivity (Wildman–Crippen MR) is 97.1 cm³/mol. The topological polar surface area (TPSA) is 96.8 Å². The highest BCUT2D eigenvalue weighted by molar-refractivity contribution is 7.80. The number of nitrogens with zero attached hydrogens (tertiary/aromatic N) is 3. The van der Waals surface area contributed by atoms with Crippen molar-refractivity contribution in [1.82, 2.24) is 14.8 Å². The highest BCUT2D eigenvalue weighted by Crippen LogP contribution is 2.13. The smallest absolute Gasteiger partial charge is 0.268 e. The Balaban J connectivity index is 2.62. The SMILES string of the molecule is CC[C@@H](C)Nc1nc2c(C)cccn2c(=O)c1/C=N\NC(N)=S. The lowest BCUT2D eigenvalue weighted by Crippen LogP contribution is -2.27. The molecule has 0 aliphatic carbocycles. The van der Waals surface area contributed by atoms with E-state index in [0.717, 1.165) is 12.0 Å². The van der Waals surface area contributed by atoms with Crippen LogP contribution in [-0.4, -0.2) is 26.8 Å². The first kappa shape index (κ1) is 16.9. The second kappa shape index (κ2) is 7.19. The van der Waals surface area contributed by atoms with E-state index in [1.54, 1.807) is 12.3 Å². The van der Waals surface area contributed by atoms with Gasteiger partial charge in [0, 0.05) is 12.2 Å². The summed E-state index contributed by atoms with van der Waals surface area (Å²) in [5.41, 5.74) is 9.45. The Morgan fingerprint density at radius 2 is 2.35 bits per heavy atom. The van der Waals surface area contributed by atoms with Crippen LogP contribution in [0.1, 0.15) is 31.4 Å². The van der Waals surface area contributed by atoms with E-state index in [0.29, 0.717) is 17.0 Å². The van der Waals surface area contributed by atoms with Gasteiger partial charge in [-0.1, -0.05) is 13.0 Å². The summed E-state index contributed by atoms with van der Waals surface area (Å²) >= 11 is 4.70. The zero-order chi connectivity index (χ0) is 17.0. The molecule has 2 heterocycles. The maximum absolute atomic E-state index is 12.7. The van der Waals surface area contributed by atoms with Gasteiger partial charge in [-0.15, -0.1) is 0 Å². The van der Waals surface area contributed by atoms with Gasteiger partial charge in [0.1, 0.15) is 17.0 Å². The highest BCUT2D eigenvalue weighted by atomic mass is 32.1. The molecular weight excluding hydrogens is 312 g/mol. The van der Waals surface area contributed by atoms with Crippen molar-refractivity contribution < 1.29 is 0 Å². The van der Waals surface area contributed by atoms with Gasteiger partial charge in [-0.2, -0.15) is 5.10 Å². The van der Waals surface area contributed by atoms with Crippen LogP contribution in [0.25, 0.3) is 5.65 Å². The van der Waals surface area contributed by atoms with Crippen molar-refractivity contribution in [2.45, 2.75) is 33.2 Å². The van der Waals surface area contributed by atoms with Crippen molar-refractivity contribution >= 4 is 35.0 Å². The third kappa shape index (κ3) is 3.84. The van der Waals surface area contributed by atoms with Gasteiger partial charge >= 0.3 is 0 Å². The van der Waals surface area contributed by atoms with Crippen LogP contribution < -0.4 is 22.0 Å². The molecule has 4 N–H and O–H groups in total. The fraction of sp³-hybridized carbons (Fsp3) is 0.333. The number of rotatable bonds is 5. The van der Waals surface area contributed by atoms with Crippen molar-refractivity contribution in [3.05, 3.63) is 39.8 Å². The monoisotopic (exact) mass is 332 g/mol. The maximum Gasteiger partial charge on any atom is 0.268 e. The number of hydrazone groups is 1. The van der Waals surface area contributed by atoms with E-state index >= 15 is 0 Å². The third-order valence-electron chi connectivity index (χ3n) is 3.45. The van der Waals surface area contributed by atoms with E-state index in [1.807, 2.05) is 19.9 Å². The van der Waals surface area contributed by atoms with E-state index in [2.05, 4.69) is 27.8 Å². The number of pyridine rings is 1. The second-order valence-corrected chi connectivity index (χ2v) is 5.69. The molecule has 2 aromatic rings. The van der Waals surface area contributed by atoms with E-state index < -0.39 is 0 Å². The fourth-order valence-corrected chi connectivity index (χ4v) is 2.09. The quantitative estimate of drug-likeness (QED) is 0.435. The molecular formula is C15H20N6OS. The van der Waals surface area contributed by atoms with Gasteiger partial charge in [0.05, 0.1) is 6.21 Å². The number of nitrogens with one attached hydrogen (secondary N) is 2. The summed E-state index contributed by atoms with van der Waals surface area (Å²) in [5.74, 6) is 0.493. The van der Waals surface area contributed by atoms with E-state index in [4.69, 9.17) is 18.0 Å². The average molecular weight is 332 g/mol. The van der Waals surface area contributed by atoms with Gasteiger partial charge in [0.15, 0.2) is 5.11 Å². The van der Waals surface area contributed by atoms with Crippen LogP contribution >= 0.6 is 12.2 Å². The van der Waals surface area contributed by atoms with E-state index in [-0.39, 0.29) is 16.7 Å². The van der Waals surface area contributed by atoms with Gasteiger partial charge in [-0.05, 0) is 44.1 Å². The summed E-state index contributed by atoms with van der Waals surface area (Å²) in [7, 11) is 0. The Morgan fingerprint density at radius 1 is 1.61 bits per heavy atom. The molecule has 1 atom stereocenters. The summed E-state index contributed by atoms with van der Waals surface area (Å²) in [5, 5.41) is 7.17. The van der Waals surface area contributed by atoms with Crippen LogP contribution in [-0.2, 0) is 0 Å². The molecule has 0 aliphatic rings. The van der Waals surface area contributed by atoms with Gasteiger partial charge < -0.3 is 11.1 Å². The van der Waals surface area contributed by atoms with Gasteiger partial charge in [-0.25, -0.2) is 4.98 Å². The molecule has 122 valence electrons.